The highest BCUT2D eigenvalue weighted by Gasteiger charge is 2.66. The molecule has 210 valence electrons. The second-order valence-electron chi connectivity index (χ2n) is 11.8. The first kappa shape index (κ1) is 28.3. The van der Waals surface area contributed by atoms with E-state index in [1.165, 1.54) is 34.0 Å². The molecule has 38 heavy (non-hydrogen) atoms. The van der Waals surface area contributed by atoms with Gasteiger partial charge in [0.05, 0.1) is 0 Å². The molecular formula is C28H38O10. The maximum absolute atomic E-state index is 13.0. The first-order valence-corrected chi connectivity index (χ1v) is 13.2. The van der Waals surface area contributed by atoms with Crippen molar-refractivity contribution in [2.24, 2.45) is 28.6 Å². The Morgan fingerprint density at radius 2 is 1.58 bits per heavy atom. The van der Waals surface area contributed by atoms with Gasteiger partial charge in [0.15, 0.2) is 11.9 Å². The summed E-state index contributed by atoms with van der Waals surface area (Å²) in [6.45, 7) is 9.59. The third-order valence-electron chi connectivity index (χ3n) is 9.53. The van der Waals surface area contributed by atoms with Crippen LogP contribution in [0.4, 0.5) is 0 Å². The van der Waals surface area contributed by atoms with E-state index in [4.69, 9.17) is 23.7 Å². The number of esters is 4. The third kappa shape index (κ3) is 4.54. The van der Waals surface area contributed by atoms with Crippen LogP contribution in [0.3, 0.4) is 0 Å². The molecule has 9 atom stereocenters. The molecule has 3 saturated carbocycles. The van der Waals surface area contributed by atoms with Crippen molar-refractivity contribution in [2.75, 3.05) is 7.11 Å². The third-order valence-corrected chi connectivity index (χ3v) is 9.53. The fraction of sp³-hybridized carbons (Fsp3) is 0.750. The average Bonchev–Trinajstić information content (AvgIpc) is 3.12. The largest absolute Gasteiger partial charge is 0.462 e. The minimum atomic E-state index is -1.31. The van der Waals surface area contributed by atoms with Crippen LogP contribution >= 0.6 is 0 Å². The fourth-order valence-electron chi connectivity index (χ4n) is 8.01. The molecule has 1 aliphatic heterocycles. The molecule has 3 fully saturated rings. The Morgan fingerprint density at radius 1 is 0.947 bits per heavy atom. The zero-order chi connectivity index (χ0) is 28.2. The fourth-order valence-corrected chi connectivity index (χ4v) is 8.01. The zero-order valence-electron chi connectivity index (χ0n) is 23.2. The van der Waals surface area contributed by atoms with E-state index >= 15 is 0 Å². The number of Topliss-reactive ketones (excluding diaryl/α,β-unsaturated/α-hetero) is 1. The van der Waals surface area contributed by atoms with Crippen LogP contribution in [0.25, 0.3) is 0 Å². The Balaban J connectivity index is 1.82. The van der Waals surface area contributed by atoms with Gasteiger partial charge in [-0.25, -0.2) is 4.79 Å². The predicted molar refractivity (Wildman–Crippen MR) is 131 cm³/mol. The minimum absolute atomic E-state index is 0.0321. The van der Waals surface area contributed by atoms with Crippen LogP contribution in [0.1, 0.15) is 73.6 Å². The number of ether oxygens (including phenoxy) is 5. The Morgan fingerprint density at radius 3 is 2.16 bits per heavy atom. The first-order valence-electron chi connectivity index (χ1n) is 13.2. The topological polar surface area (TPSA) is 132 Å². The lowest BCUT2D eigenvalue weighted by molar-refractivity contribution is -0.228. The first-order chi connectivity index (χ1) is 17.7. The van der Waals surface area contributed by atoms with Gasteiger partial charge in [-0.15, -0.1) is 0 Å². The second-order valence-corrected chi connectivity index (χ2v) is 11.8. The van der Waals surface area contributed by atoms with Crippen LogP contribution < -0.4 is 0 Å². The standard InChI is InChI=1S/C28H38O10/c1-14(29)35-20-12-17-18(26(4)11-9-19(32)24(23(20)26)36-15(2)30)8-10-27(5,25(17)37-16(3)31)21-13-22(33)38-28(21,6)34-7/h13,17-18,20,23-25H,8-12H2,1-7H3/t17?,18?,20-,23?,24-,25+,26+,27+,28+/m0/s1. The number of methoxy groups -OCH3 is 1. The van der Waals surface area contributed by atoms with Crippen molar-refractivity contribution in [3.05, 3.63) is 11.6 Å². The lowest BCUT2D eigenvalue weighted by atomic mass is 9.44. The average molecular weight is 535 g/mol. The maximum atomic E-state index is 13.0. The van der Waals surface area contributed by atoms with Gasteiger partial charge in [-0.05, 0) is 37.0 Å². The van der Waals surface area contributed by atoms with E-state index in [1.54, 1.807) is 6.92 Å². The smallest absolute Gasteiger partial charge is 0.333 e. The van der Waals surface area contributed by atoms with E-state index < -0.39 is 64.7 Å². The van der Waals surface area contributed by atoms with E-state index in [0.29, 0.717) is 31.3 Å². The molecule has 3 unspecified atom stereocenters. The van der Waals surface area contributed by atoms with Crippen molar-refractivity contribution < 1.29 is 47.7 Å². The molecule has 4 rings (SSSR count). The van der Waals surface area contributed by atoms with E-state index in [-0.39, 0.29) is 24.0 Å². The molecule has 1 heterocycles. The van der Waals surface area contributed by atoms with Crippen LogP contribution in [0, 0.1) is 28.6 Å². The van der Waals surface area contributed by atoms with Crippen molar-refractivity contribution in [1.82, 2.24) is 0 Å². The number of carbonyl (C=O) groups is 5. The van der Waals surface area contributed by atoms with E-state index in [0.717, 1.165) is 0 Å². The van der Waals surface area contributed by atoms with Crippen molar-refractivity contribution in [3.63, 3.8) is 0 Å². The summed E-state index contributed by atoms with van der Waals surface area (Å²) in [6, 6.07) is 0. The van der Waals surface area contributed by atoms with Crippen molar-refractivity contribution in [3.8, 4) is 0 Å². The minimum Gasteiger partial charge on any atom is -0.462 e. The number of hydrogen-bond acceptors (Lipinski definition) is 10. The predicted octanol–water partition coefficient (Wildman–Crippen LogP) is 3.05. The lowest BCUT2D eigenvalue weighted by Gasteiger charge is -2.62. The lowest BCUT2D eigenvalue weighted by Crippen LogP contribution is -2.65. The van der Waals surface area contributed by atoms with Crippen LogP contribution in [0.2, 0.25) is 0 Å². The van der Waals surface area contributed by atoms with E-state index in [2.05, 4.69) is 6.92 Å². The zero-order valence-corrected chi connectivity index (χ0v) is 23.2. The van der Waals surface area contributed by atoms with Gasteiger partial charge in [-0.3, -0.25) is 19.2 Å². The van der Waals surface area contributed by atoms with Crippen molar-refractivity contribution in [1.29, 1.82) is 0 Å². The highest BCUT2D eigenvalue weighted by molar-refractivity contribution is 5.87. The summed E-state index contributed by atoms with van der Waals surface area (Å²) in [5.74, 6) is -4.41. The molecule has 0 aromatic carbocycles. The number of ketones is 1. The van der Waals surface area contributed by atoms with Crippen molar-refractivity contribution >= 4 is 29.7 Å². The summed E-state index contributed by atoms with van der Waals surface area (Å²) in [5, 5.41) is 0. The van der Waals surface area contributed by atoms with Gasteiger partial charge in [0.2, 0.25) is 5.79 Å². The summed E-state index contributed by atoms with van der Waals surface area (Å²) in [4.78, 5) is 62.0. The number of carbonyl (C=O) groups excluding carboxylic acids is 5. The highest BCUT2D eigenvalue weighted by Crippen LogP contribution is 2.64. The van der Waals surface area contributed by atoms with Gasteiger partial charge >= 0.3 is 23.9 Å². The molecule has 4 aliphatic rings. The summed E-state index contributed by atoms with van der Waals surface area (Å²) < 4.78 is 28.6. The van der Waals surface area contributed by atoms with Gasteiger partial charge in [0, 0.05) is 70.1 Å². The van der Waals surface area contributed by atoms with Gasteiger partial charge in [0.1, 0.15) is 12.2 Å². The van der Waals surface area contributed by atoms with Gasteiger partial charge in [0.25, 0.3) is 0 Å². The molecule has 0 amide bonds. The molecule has 0 aromatic rings. The molecule has 0 bridgehead atoms. The number of rotatable bonds is 5. The van der Waals surface area contributed by atoms with Crippen LogP contribution in [-0.2, 0) is 47.7 Å². The monoisotopic (exact) mass is 534 g/mol. The van der Waals surface area contributed by atoms with Gasteiger partial charge < -0.3 is 23.7 Å². The molecule has 0 aromatic heterocycles. The molecule has 0 N–H and O–H groups in total. The van der Waals surface area contributed by atoms with E-state index in [9.17, 15) is 24.0 Å². The SMILES string of the molecule is CO[C@]1(C)OC(=O)C=C1[C@@]1(C)CCC2C(C[C@H](OC(C)=O)C3[C@@H](OC(C)=O)C(=O)CC[C@]23C)[C@H]1OC(C)=O. The second kappa shape index (κ2) is 9.77. The Kier molecular flexibility index (Phi) is 7.27. The molecular weight excluding hydrogens is 496 g/mol. The summed E-state index contributed by atoms with van der Waals surface area (Å²) in [6.07, 6.45) is 1.28. The number of fused-ring (bicyclic) bond motifs is 3. The summed E-state index contributed by atoms with van der Waals surface area (Å²) in [5.41, 5.74) is -0.763. The molecule has 0 radical (unpaired) electrons. The molecule has 10 heteroatoms. The quantitative estimate of drug-likeness (QED) is 0.383. The Hall–Kier alpha value is -2.75. The molecule has 0 spiro atoms. The normalized spacial score (nSPS) is 42.2. The maximum Gasteiger partial charge on any atom is 0.333 e. The van der Waals surface area contributed by atoms with E-state index in [1.807, 2.05) is 6.92 Å². The Labute approximate surface area is 222 Å². The number of hydrogen-bond donors (Lipinski definition) is 0. The molecule has 0 saturated heterocycles. The summed E-state index contributed by atoms with van der Waals surface area (Å²) in [7, 11) is 1.46. The van der Waals surface area contributed by atoms with Crippen LogP contribution in [-0.4, -0.2) is 60.9 Å². The van der Waals surface area contributed by atoms with Gasteiger partial charge in [-0.1, -0.05) is 13.8 Å². The number of cyclic esters (lactones) is 1. The van der Waals surface area contributed by atoms with Crippen molar-refractivity contribution in [2.45, 2.75) is 97.7 Å². The van der Waals surface area contributed by atoms with Crippen LogP contribution in [0.15, 0.2) is 11.6 Å². The Bertz CT molecular complexity index is 1080. The highest BCUT2D eigenvalue weighted by atomic mass is 16.7. The summed E-state index contributed by atoms with van der Waals surface area (Å²) >= 11 is 0. The molecule has 3 aliphatic carbocycles. The molecule has 10 nitrogen and oxygen atoms in total. The van der Waals surface area contributed by atoms with Crippen LogP contribution in [0.5, 0.6) is 0 Å². The van der Waals surface area contributed by atoms with Gasteiger partial charge in [-0.2, -0.15) is 0 Å².